The lowest BCUT2D eigenvalue weighted by molar-refractivity contribution is -0.119. The molecule has 1 amide bonds. The number of nitrogens with one attached hydrogen (secondary N) is 1. The van der Waals surface area contributed by atoms with Crippen LogP contribution in [-0.2, 0) is 11.2 Å². The van der Waals surface area contributed by atoms with E-state index in [2.05, 4.69) is 58.2 Å². The number of nitrogens with zero attached hydrogens (tertiary/aromatic N) is 1. The molecular formula is C25H39BrN2O2. The molecule has 2 fully saturated rings. The van der Waals surface area contributed by atoms with E-state index >= 15 is 0 Å². The van der Waals surface area contributed by atoms with Gasteiger partial charge >= 0.3 is 0 Å². The summed E-state index contributed by atoms with van der Waals surface area (Å²) in [5.41, 5.74) is 1.38. The first-order chi connectivity index (χ1) is 14.4. The smallest absolute Gasteiger partial charge is 0.217 e. The number of piperidine rings is 1. The van der Waals surface area contributed by atoms with E-state index in [0.29, 0.717) is 6.04 Å². The van der Waals surface area contributed by atoms with Gasteiger partial charge in [0.1, 0.15) is 5.75 Å². The highest BCUT2D eigenvalue weighted by Crippen LogP contribution is 2.30. The van der Waals surface area contributed by atoms with Gasteiger partial charge in [-0.15, -0.1) is 0 Å². The molecule has 1 heterocycles. The zero-order valence-corrected chi connectivity index (χ0v) is 20.5. The quantitative estimate of drug-likeness (QED) is 0.530. The fourth-order valence-corrected chi connectivity index (χ4v) is 5.43. The van der Waals surface area contributed by atoms with E-state index in [-0.39, 0.29) is 12.0 Å². The first-order valence-corrected chi connectivity index (χ1v) is 12.6. The number of amides is 1. The molecule has 0 unspecified atom stereocenters. The standard InChI is InChI=1S/C25H39BrN2O2/c1-18(2)30-24-8-9-25(26)22(17-24)16-21-11-14-28(15-12-21)13-10-20-4-6-23(7-5-20)27-19(3)29/h8-9,17-18,20-21,23H,4-7,10-16H2,1-3H3,(H,27,29). The van der Waals surface area contributed by atoms with Crippen LogP contribution >= 0.6 is 15.9 Å². The Balaban J connectivity index is 1.37. The Bertz CT molecular complexity index is 678. The molecule has 0 spiro atoms. The lowest BCUT2D eigenvalue weighted by Crippen LogP contribution is -2.38. The van der Waals surface area contributed by atoms with E-state index in [9.17, 15) is 4.79 Å². The minimum Gasteiger partial charge on any atom is -0.491 e. The highest BCUT2D eigenvalue weighted by atomic mass is 79.9. The SMILES string of the molecule is CC(=O)NC1CCC(CCN2CCC(Cc3cc(OC(C)C)ccc3Br)CC2)CC1. The summed E-state index contributed by atoms with van der Waals surface area (Å²) in [6.45, 7) is 9.48. The van der Waals surface area contributed by atoms with E-state index in [4.69, 9.17) is 4.74 Å². The molecule has 3 rings (SSSR count). The summed E-state index contributed by atoms with van der Waals surface area (Å²) in [6, 6.07) is 6.81. The maximum Gasteiger partial charge on any atom is 0.217 e. The normalized spacial score (nSPS) is 23.5. The van der Waals surface area contributed by atoms with Gasteiger partial charge in [-0.1, -0.05) is 15.9 Å². The summed E-state index contributed by atoms with van der Waals surface area (Å²) in [4.78, 5) is 13.9. The molecule has 1 saturated heterocycles. The van der Waals surface area contributed by atoms with Crippen LogP contribution in [0.15, 0.2) is 22.7 Å². The summed E-state index contributed by atoms with van der Waals surface area (Å²) < 4.78 is 7.09. The zero-order chi connectivity index (χ0) is 21.5. The third kappa shape index (κ3) is 7.56. The van der Waals surface area contributed by atoms with Crippen molar-refractivity contribution in [3.05, 3.63) is 28.2 Å². The fourth-order valence-electron chi connectivity index (χ4n) is 5.03. The highest BCUT2D eigenvalue weighted by Gasteiger charge is 2.24. The van der Waals surface area contributed by atoms with E-state index in [1.165, 1.54) is 61.8 Å². The number of benzene rings is 1. The van der Waals surface area contributed by atoms with Crippen molar-refractivity contribution in [3.8, 4) is 5.75 Å². The predicted octanol–water partition coefficient (Wildman–Crippen LogP) is 5.58. The second-order valence-corrected chi connectivity index (χ2v) is 10.5. The van der Waals surface area contributed by atoms with Gasteiger partial charge in [0.25, 0.3) is 0 Å². The molecular weight excluding hydrogens is 440 g/mol. The summed E-state index contributed by atoms with van der Waals surface area (Å²) in [5, 5.41) is 3.09. The Kier molecular flexibility index (Phi) is 9.06. The molecule has 30 heavy (non-hydrogen) atoms. The van der Waals surface area contributed by atoms with Gasteiger partial charge in [-0.3, -0.25) is 4.79 Å². The molecule has 2 aliphatic rings. The topological polar surface area (TPSA) is 41.6 Å². The van der Waals surface area contributed by atoms with Crippen LogP contribution in [0.3, 0.4) is 0 Å². The number of likely N-dealkylation sites (tertiary alicyclic amines) is 1. The number of carbonyl (C=O) groups excluding carboxylic acids is 1. The molecule has 1 aliphatic carbocycles. The van der Waals surface area contributed by atoms with Crippen molar-refractivity contribution in [2.45, 2.75) is 84.3 Å². The van der Waals surface area contributed by atoms with Gasteiger partial charge in [0, 0.05) is 17.4 Å². The van der Waals surface area contributed by atoms with E-state index < -0.39 is 0 Å². The third-order valence-electron chi connectivity index (χ3n) is 6.71. The molecule has 0 bridgehead atoms. The zero-order valence-electron chi connectivity index (χ0n) is 19.0. The van der Waals surface area contributed by atoms with Gasteiger partial charge in [0.15, 0.2) is 0 Å². The molecule has 1 saturated carbocycles. The van der Waals surface area contributed by atoms with Gasteiger partial charge in [0.2, 0.25) is 5.91 Å². The highest BCUT2D eigenvalue weighted by molar-refractivity contribution is 9.10. The summed E-state index contributed by atoms with van der Waals surface area (Å²) in [5.74, 6) is 2.70. The summed E-state index contributed by atoms with van der Waals surface area (Å²) >= 11 is 3.73. The molecule has 5 heteroatoms. The molecule has 1 aromatic carbocycles. The second-order valence-electron chi connectivity index (χ2n) is 9.62. The van der Waals surface area contributed by atoms with Crippen LogP contribution < -0.4 is 10.1 Å². The second kappa shape index (κ2) is 11.5. The van der Waals surface area contributed by atoms with Crippen LogP contribution in [0.4, 0.5) is 0 Å². The monoisotopic (exact) mass is 478 g/mol. The number of carbonyl (C=O) groups is 1. The van der Waals surface area contributed by atoms with Crippen LogP contribution in [-0.4, -0.2) is 42.6 Å². The largest absolute Gasteiger partial charge is 0.491 e. The summed E-state index contributed by atoms with van der Waals surface area (Å²) in [7, 11) is 0. The van der Waals surface area contributed by atoms with Crippen LogP contribution in [0.25, 0.3) is 0 Å². The molecule has 0 radical (unpaired) electrons. The Labute approximate surface area is 191 Å². The van der Waals surface area contributed by atoms with Crippen molar-refractivity contribution in [1.29, 1.82) is 0 Å². The molecule has 168 valence electrons. The van der Waals surface area contributed by atoms with Gasteiger partial charge in [-0.25, -0.2) is 0 Å². The number of ether oxygens (including phenoxy) is 1. The Morgan fingerprint density at radius 2 is 1.83 bits per heavy atom. The van der Waals surface area contributed by atoms with Gasteiger partial charge in [0.05, 0.1) is 6.10 Å². The Hall–Kier alpha value is -1.07. The molecule has 4 nitrogen and oxygen atoms in total. The number of hydrogen-bond acceptors (Lipinski definition) is 3. The number of rotatable bonds is 8. The lowest BCUT2D eigenvalue weighted by atomic mass is 9.83. The molecule has 1 aliphatic heterocycles. The van der Waals surface area contributed by atoms with Crippen LogP contribution in [0.2, 0.25) is 0 Å². The first kappa shape index (κ1) is 23.6. The Morgan fingerprint density at radius 1 is 1.13 bits per heavy atom. The van der Waals surface area contributed by atoms with Crippen LogP contribution in [0.1, 0.15) is 71.3 Å². The molecule has 0 atom stereocenters. The minimum absolute atomic E-state index is 0.118. The first-order valence-electron chi connectivity index (χ1n) is 11.8. The molecule has 1 aromatic rings. The number of halogens is 1. The molecule has 0 aromatic heterocycles. The van der Waals surface area contributed by atoms with Crippen molar-refractivity contribution < 1.29 is 9.53 Å². The number of hydrogen-bond donors (Lipinski definition) is 1. The maximum atomic E-state index is 11.2. The van der Waals surface area contributed by atoms with Gasteiger partial charge < -0.3 is 15.0 Å². The van der Waals surface area contributed by atoms with E-state index in [1.54, 1.807) is 6.92 Å². The lowest BCUT2D eigenvalue weighted by Gasteiger charge is -2.34. The summed E-state index contributed by atoms with van der Waals surface area (Å²) in [6.07, 6.45) is 10.1. The van der Waals surface area contributed by atoms with Crippen molar-refractivity contribution >= 4 is 21.8 Å². The third-order valence-corrected chi connectivity index (χ3v) is 7.49. The maximum absolute atomic E-state index is 11.2. The van der Waals surface area contributed by atoms with Crippen LogP contribution in [0.5, 0.6) is 5.75 Å². The minimum atomic E-state index is 0.118. The van der Waals surface area contributed by atoms with Crippen LogP contribution in [0, 0.1) is 11.8 Å². The Morgan fingerprint density at radius 3 is 2.47 bits per heavy atom. The van der Waals surface area contributed by atoms with Crippen molar-refractivity contribution in [3.63, 3.8) is 0 Å². The van der Waals surface area contributed by atoms with E-state index in [0.717, 1.165) is 36.8 Å². The van der Waals surface area contributed by atoms with E-state index in [1.807, 2.05) is 0 Å². The van der Waals surface area contributed by atoms with Gasteiger partial charge in [-0.2, -0.15) is 0 Å². The average molecular weight is 480 g/mol. The van der Waals surface area contributed by atoms with Gasteiger partial charge in [-0.05, 0) is 120 Å². The van der Waals surface area contributed by atoms with Crippen molar-refractivity contribution in [2.75, 3.05) is 19.6 Å². The molecule has 1 N–H and O–H groups in total. The predicted molar refractivity (Wildman–Crippen MR) is 127 cm³/mol. The average Bonchev–Trinajstić information content (AvgIpc) is 2.70. The fraction of sp³-hybridized carbons (Fsp3) is 0.720. The van der Waals surface area contributed by atoms with Crippen molar-refractivity contribution in [1.82, 2.24) is 10.2 Å². The van der Waals surface area contributed by atoms with Crippen molar-refractivity contribution in [2.24, 2.45) is 11.8 Å².